The van der Waals surface area contributed by atoms with Crippen molar-refractivity contribution in [2.45, 2.75) is 26.3 Å². The summed E-state index contributed by atoms with van der Waals surface area (Å²) < 4.78 is 13.6. The SMILES string of the molecule is CCN(Cc1ccccc1F)CC1CCCNC1. The van der Waals surface area contributed by atoms with E-state index in [9.17, 15) is 4.39 Å². The van der Waals surface area contributed by atoms with Crippen LogP contribution in [0.15, 0.2) is 24.3 Å². The summed E-state index contributed by atoms with van der Waals surface area (Å²) in [5.41, 5.74) is 0.808. The third kappa shape index (κ3) is 3.79. The van der Waals surface area contributed by atoms with Crippen molar-refractivity contribution >= 4 is 0 Å². The Hall–Kier alpha value is -0.930. The second kappa shape index (κ2) is 6.86. The van der Waals surface area contributed by atoms with Crippen LogP contribution in [-0.2, 0) is 6.54 Å². The summed E-state index contributed by atoms with van der Waals surface area (Å²) >= 11 is 0. The van der Waals surface area contributed by atoms with E-state index in [-0.39, 0.29) is 5.82 Å². The molecule has 2 nitrogen and oxygen atoms in total. The highest BCUT2D eigenvalue weighted by Crippen LogP contribution is 2.15. The van der Waals surface area contributed by atoms with Crippen LogP contribution in [0.25, 0.3) is 0 Å². The number of rotatable bonds is 5. The summed E-state index contributed by atoms with van der Waals surface area (Å²) in [6.45, 7) is 7.17. The maximum Gasteiger partial charge on any atom is 0.127 e. The topological polar surface area (TPSA) is 15.3 Å². The molecule has 1 aromatic carbocycles. The minimum absolute atomic E-state index is 0.0854. The molecule has 0 aliphatic carbocycles. The van der Waals surface area contributed by atoms with Crippen LogP contribution in [0.4, 0.5) is 4.39 Å². The summed E-state index contributed by atoms with van der Waals surface area (Å²) in [4.78, 5) is 2.34. The van der Waals surface area contributed by atoms with Gasteiger partial charge in [-0.1, -0.05) is 25.1 Å². The summed E-state index contributed by atoms with van der Waals surface area (Å²) in [5.74, 6) is 0.628. The third-order valence-corrected chi connectivity index (χ3v) is 3.71. The van der Waals surface area contributed by atoms with Crippen LogP contribution < -0.4 is 5.32 Å². The minimum atomic E-state index is -0.0854. The average Bonchev–Trinajstić information content (AvgIpc) is 2.41. The Kier molecular flexibility index (Phi) is 5.14. The molecule has 1 aliphatic rings. The van der Waals surface area contributed by atoms with Gasteiger partial charge in [0.2, 0.25) is 0 Å². The molecule has 1 aromatic rings. The molecule has 1 atom stereocenters. The largest absolute Gasteiger partial charge is 0.316 e. The zero-order valence-corrected chi connectivity index (χ0v) is 11.2. The van der Waals surface area contributed by atoms with E-state index in [4.69, 9.17) is 0 Å². The molecule has 1 aliphatic heterocycles. The smallest absolute Gasteiger partial charge is 0.127 e. The molecule has 0 amide bonds. The maximum atomic E-state index is 13.6. The van der Waals surface area contributed by atoms with E-state index in [0.29, 0.717) is 5.92 Å². The van der Waals surface area contributed by atoms with Gasteiger partial charge in [0.05, 0.1) is 0 Å². The summed E-state index contributed by atoms with van der Waals surface area (Å²) in [5, 5.41) is 3.44. The van der Waals surface area contributed by atoms with Gasteiger partial charge in [0, 0.05) is 18.7 Å². The molecule has 0 spiro atoms. The second-order valence-corrected chi connectivity index (χ2v) is 5.13. The number of hydrogen-bond acceptors (Lipinski definition) is 2. The van der Waals surface area contributed by atoms with Gasteiger partial charge in [-0.05, 0) is 44.5 Å². The first kappa shape index (κ1) is 13.5. The van der Waals surface area contributed by atoms with Gasteiger partial charge in [-0.15, -0.1) is 0 Å². The Labute approximate surface area is 109 Å². The van der Waals surface area contributed by atoms with Crippen molar-refractivity contribution in [2.75, 3.05) is 26.2 Å². The predicted octanol–water partition coefficient (Wildman–Crippen LogP) is 2.65. The number of hydrogen-bond donors (Lipinski definition) is 1. The molecular weight excluding hydrogens is 227 g/mol. The first-order valence-electron chi connectivity index (χ1n) is 6.96. The van der Waals surface area contributed by atoms with E-state index in [0.717, 1.165) is 38.3 Å². The maximum absolute atomic E-state index is 13.6. The van der Waals surface area contributed by atoms with Crippen LogP contribution in [0.2, 0.25) is 0 Å². The average molecular weight is 250 g/mol. The predicted molar refractivity (Wildman–Crippen MR) is 72.9 cm³/mol. The molecule has 1 N–H and O–H groups in total. The van der Waals surface area contributed by atoms with E-state index in [2.05, 4.69) is 17.1 Å². The lowest BCUT2D eigenvalue weighted by Gasteiger charge is -2.29. The van der Waals surface area contributed by atoms with Crippen molar-refractivity contribution in [1.29, 1.82) is 0 Å². The molecule has 0 saturated carbocycles. The van der Waals surface area contributed by atoms with Crippen molar-refractivity contribution in [3.05, 3.63) is 35.6 Å². The molecule has 0 radical (unpaired) electrons. The Balaban J connectivity index is 1.90. The summed E-state index contributed by atoms with van der Waals surface area (Å²) in [7, 11) is 0. The Morgan fingerprint density at radius 3 is 2.89 bits per heavy atom. The van der Waals surface area contributed by atoms with E-state index in [1.54, 1.807) is 12.1 Å². The monoisotopic (exact) mass is 250 g/mol. The van der Waals surface area contributed by atoms with Crippen LogP contribution in [-0.4, -0.2) is 31.1 Å². The highest BCUT2D eigenvalue weighted by atomic mass is 19.1. The van der Waals surface area contributed by atoms with Gasteiger partial charge in [0.1, 0.15) is 5.82 Å². The fourth-order valence-electron chi connectivity index (χ4n) is 2.62. The van der Waals surface area contributed by atoms with Crippen LogP contribution in [0.5, 0.6) is 0 Å². The van der Waals surface area contributed by atoms with Gasteiger partial charge < -0.3 is 5.32 Å². The van der Waals surface area contributed by atoms with E-state index in [1.165, 1.54) is 12.8 Å². The summed E-state index contributed by atoms with van der Waals surface area (Å²) in [6, 6.07) is 7.09. The number of halogens is 1. The van der Waals surface area contributed by atoms with E-state index >= 15 is 0 Å². The molecule has 0 bridgehead atoms. The van der Waals surface area contributed by atoms with E-state index in [1.807, 2.05) is 12.1 Å². The summed E-state index contributed by atoms with van der Waals surface area (Å²) in [6.07, 6.45) is 2.56. The first-order valence-corrected chi connectivity index (χ1v) is 6.96. The normalized spacial score (nSPS) is 20.3. The number of nitrogens with one attached hydrogen (secondary N) is 1. The molecule has 1 unspecified atom stereocenters. The molecule has 2 rings (SSSR count). The van der Waals surface area contributed by atoms with Gasteiger partial charge in [-0.25, -0.2) is 4.39 Å². The Morgan fingerprint density at radius 1 is 1.39 bits per heavy atom. The van der Waals surface area contributed by atoms with E-state index < -0.39 is 0 Å². The van der Waals surface area contributed by atoms with Crippen molar-refractivity contribution in [1.82, 2.24) is 10.2 Å². The van der Waals surface area contributed by atoms with Crippen LogP contribution in [0.3, 0.4) is 0 Å². The highest BCUT2D eigenvalue weighted by Gasteiger charge is 2.16. The Bertz CT molecular complexity index is 361. The van der Waals surface area contributed by atoms with Gasteiger partial charge >= 0.3 is 0 Å². The molecule has 1 heterocycles. The number of piperidine rings is 1. The number of benzene rings is 1. The molecule has 18 heavy (non-hydrogen) atoms. The fraction of sp³-hybridized carbons (Fsp3) is 0.600. The number of nitrogens with zero attached hydrogens (tertiary/aromatic N) is 1. The second-order valence-electron chi connectivity index (χ2n) is 5.13. The third-order valence-electron chi connectivity index (χ3n) is 3.71. The Morgan fingerprint density at radius 2 is 2.22 bits per heavy atom. The van der Waals surface area contributed by atoms with Gasteiger partial charge in [0.15, 0.2) is 0 Å². The van der Waals surface area contributed by atoms with Gasteiger partial charge in [0.25, 0.3) is 0 Å². The van der Waals surface area contributed by atoms with Crippen LogP contribution in [0.1, 0.15) is 25.3 Å². The molecule has 1 fully saturated rings. The molecule has 0 aromatic heterocycles. The molecular formula is C15H23FN2. The van der Waals surface area contributed by atoms with Crippen molar-refractivity contribution in [3.63, 3.8) is 0 Å². The minimum Gasteiger partial charge on any atom is -0.316 e. The molecule has 100 valence electrons. The van der Waals surface area contributed by atoms with Gasteiger partial charge in [-0.2, -0.15) is 0 Å². The van der Waals surface area contributed by atoms with Gasteiger partial charge in [-0.3, -0.25) is 4.90 Å². The van der Waals surface area contributed by atoms with Crippen molar-refractivity contribution < 1.29 is 4.39 Å². The lowest BCUT2D eigenvalue weighted by Crippen LogP contribution is -2.38. The molecule has 3 heteroatoms. The lowest BCUT2D eigenvalue weighted by molar-refractivity contribution is 0.207. The quantitative estimate of drug-likeness (QED) is 0.864. The molecule has 1 saturated heterocycles. The lowest BCUT2D eigenvalue weighted by atomic mass is 9.99. The first-order chi connectivity index (χ1) is 8.79. The standard InChI is InChI=1S/C15H23FN2/c1-2-18(11-13-6-5-9-17-10-13)12-14-7-3-4-8-15(14)16/h3-4,7-8,13,17H,2,5-6,9-12H2,1H3. The van der Waals surface area contributed by atoms with Crippen LogP contribution in [0, 0.1) is 11.7 Å². The fourth-order valence-corrected chi connectivity index (χ4v) is 2.62. The van der Waals surface area contributed by atoms with Crippen molar-refractivity contribution in [2.24, 2.45) is 5.92 Å². The van der Waals surface area contributed by atoms with Crippen LogP contribution >= 0.6 is 0 Å². The highest BCUT2D eigenvalue weighted by molar-refractivity contribution is 5.17. The zero-order valence-electron chi connectivity index (χ0n) is 11.2. The van der Waals surface area contributed by atoms with Crippen molar-refractivity contribution in [3.8, 4) is 0 Å². The zero-order chi connectivity index (χ0) is 12.8.